The van der Waals surface area contributed by atoms with Crippen molar-refractivity contribution in [3.05, 3.63) is 0 Å². The molecule has 0 unspecified atom stereocenters. The van der Waals surface area contributed by atoms with E-state index in [2.05, 4.69) is 58.5 Å². The molecule has 0 radical (unpaired) electrons. The molecule has 0 spiro atoms. The minimum absolute atomic E-state index is 0.181. The number of nitrogens with two attached hydrogens (primary N) is 1. The fourth-order valence-electron chi connectivity index (χ4n) is 7.52. The first-order valence-electron chi connectivity index (χ1n) is 36.5. The predicted molar refractivity (Wildman–Crippen MR) is 385 cm³/mol. The average molecular weight is 1610 g/mol. The Balaban J connectivity index is 3.43. The van der Waals surface area contributed by atoms with Crippen molar-refractivity contribution < 1.29 is 157 Å². The number of rotatable bonds is 85. The molecular formula is C66H122N12O33. The summed E-state index contributed by atoms with van der Waals surface area (Å²) >= 11 is 0. The van der Waals surface area contributed by atoms with Crippen molar-refractivity contribution in [3.8, 4) is 0 Å². The summed E-state index contributed by atoms with van der Waals surface area (Å²) in [6.45, 7) is 9.65. The second kappa shape index (κ2) is 82.3. The van der Waals surface area contributed by atoms with Crippen LogP contribution in [0.1, 0.15) is 6.92 Å². The van der Waals surface area contributed by atoms with Crippen molar-refractivity contribution in [3.63, 3.8) is 0 Å². The standard InChI is InChI=1S/C66H122N12O33/c1-2-68-56(80)44-107-46-58(82)70-4-14-92-24-34-102-36-26-94-16-6-72-60(84)48-109-50-62(86)74-8-18-96-28-38-104-40-30-98-20-10-76-64(88)52-111-54-66(90)78-12-22-100-32-42-105-41-31-99-21-11-77-65(89)53-110-51-63(87)75-9-19-97-29-39-103-37-27-95-17-7-73-61(85)49-108-47-59(83)71-5-15-93-25-35-101-33-23-91-13-3-69-57(81)45-106-43-55(67)79/h2-54H2,1H3,(H2,67,79)(H,68,80)(H,69,81)(H,70,82)(H,71,83)(H,72,84)(H,73,85)(H,74,86)(H,75,87)(H,76,88)(H,77,89)(H,78,90). The number of carbonyl (C=O) groups excluding carboxylic acids is 12. The number of nitrogens with one attached hydrogen (secondary N) is 11. The van der Waals surface area contributed by atoms with Crippen molar-refractivity contribution >= 4 is 70.9 Å². The molecule has 45 nitrogen and oxygen atoms in total. The Hall–Kier alpha value is -7.20. The molecule has 0 aromatic rings. The highest BCUT2D eigenvalue weighted by molar-refractivity contribution is 5.82. The molecule has 0 aliphatic rings. The first kappa shape index (κ1) is 104. The molecule has 0 aromatic carbocycles. The molecule has 0 saturated carbocycles. The zero-order valence-corrected chi connectivity index (χ0v) is 64.0. The van der Waals surface area contributed by atoms with Crippen LogP contribution in [-0.4, -0.2) is 420 Å². The Labute approximate surface area is 646 Å². The Morgan fingerprint density at radius 3 is 0.387 bits per heavy atom. The van der Waals surface area contributed by atoms with Crippen LogP contribution in [0.4, 0.5) is 0 Å². The molecule has 0 heterocycles. The summed E-state index contributed by atoms with van der Waals surface area (Å²) in [6.07, 6.45) is 0. The van der Waals surface area contributed by atoms with Gasteiger partial charge in [0.1, 0.15) is 79.3 Å². The fourth-order valence-corrected chi connectivity index (χ4v) is 7.52. The minimum atomic E-state index is -0.659. The summed E-state index contributed by atoms with van der Waals surface area (Å²) in [7, 11) is 0. The Bertz CT molecular complexity index is 2380. The van der Waals surface area contributed by atoms with Crippen molar-refractivity contribution in [2.24, 2.45) is 5.73 Å². The Morgan fingerprint density at radius 1 is 0.162 bits per heavy atom. The van der Waals surface area contributed by atoms with E-state index in [0.717, 1.165) is 0 Å². The lowest BCUT2D eigenvalue weighted by molar-refractivity contribution is -0.132. The monoisotopic (exact) mass is 1610 g/mol. The van der Waals surface area contributed by atoms with Gasteiger partial charge in [-0.3, -0.25) is 57.5 Å². The van der Waals surface area contributed by atoms with Crippen LogP contribution < -0.4 is 64.2 Å². The average Bonchev–Trinajstić information content (AvgIpc) is 1.18. The highest BCUT2D eigenvalue weighted by Gasteiger charge is 2.12. The Kier molecular flexibility index (Phi) is 76.9. The van der Waals surface area contributed by atoms with E-state index in [1.54, 1.807) is 6.92 Å². The topological polar surface area (TPSA) is 557 Å². The third kappa shape index (κ3) is 83.6. The lowest BCUT2D eigenvalue weighted by Crippen LogP contribution is -2.34. The summed E-state index contributed by atoms with van der Waals surface area (Å²) in [6, 6.07) is 0. The number of amides is 12. The number of ether oxygens (including phenoxy) is 21. The first-order valence-corrected chi connectivity index (χ1v) is 36.5. The van der Waals surface area contributed by atoms with Crippen molar-refractivity contribution in [1.29, 1.82) is 0 Å². The molecule has 0 atom stereocenters. The maximum absolute atomic E-state index is 12.0. The van der Waals surface area contributed by atoms with E-state index in [1.807, 2.05) is 0 Å². The van der Waals surface area contributed by atoms with Gasteiger partial charge in [-0.05, 0) is 6.92 Å². The largest absolute Gasteiger partial charge is 0.377 e. The van der Waals surface area contributed by atoms with Gasteiger partial charge in [-0.25, -0.2) is 0 Å². The van der Waals surface area contributed by atoms with Gasteiger partial charge >= 0.3 is 0 Å². The summed E-state index contributed by atoms with van der Waals surface area (Å²) in [4.78, 5) is 141. The van der Waals surface area contributed by atoms with Gasteiger partial charge in [0.05, 0.1) is 198 Å². The van der Waals surface area contributed by atoms with Gasteiger partial charge in [0, 0.05) is 72.0 Å². The summed E-state index contributed by atoms with van der Waals surface area (Å²) < 4.78 is 111. The second-order valence-corrected chi connectivity index (χ2v) is 22.1. The third-order valence-electron chi connectivity index (χ3n) is 12.6. The van der Waals surface area contributed by atoms with Crippen LogP contribution in [0, 0.1) is 0 Å². The van der Waals surface area contributed by atoms with E-state index in [9.17, 15) is 57.5 Å². The second-order valence-electron chi connectivity index (χ2n) is 22.1. The smallest absolute Gasteiger partial charge is 0.246 e. The molecule has 0 bridgehead atoms. The van der Waals surface area contributed by atoms with E-state index < -0.39 is 53.2 Å². The normalized spacial score (nSPS) is 11.0. The zero-order valence-electron chi connectivity index (χ0n) is 64.0. The Morgan fingerprint density at radius 2 is 0.270 bits per heavy atom. The van der Waals surface area contributed by atoms with Crippen molar-refractivity contribution in [1.82, 2.24) is 58.5 Å². The van der Waals surface area contributed by atoms with Crippen LogP contribution in [0.2, 0.25) is 0 Å². The number of hydrogen-bond acceptors (Lipinski definition) is 33. The van der Waals surface area contributed by atoms with Gasteiger partial charge in [0.2, 0.25) is 70.9 Å². The third-order valence-corrected chi connectivity index (χ3v) is 12.6. The molecule has 0 fully saturated rings. The highest BCUT2D eigenvalue weighted by Crippen LogP contribution is 1.91. The molecule has 0 rings (SSSR count). The molecule has 0 aliphatic carbocycles. The molecule has 0 aromatic heterocycles. The van der Waals surface area contributed by atoms with E-state index in [-0.39, 0.29) is 281 Å². The maximum Gasteiger partial charge on any atom is 0.246 e. The molecule has 644 valence electrons. The van der Waals surface area contributed by atoms with E-state index in [4.69, 9.17) is 105 Å². The molecule has 13 N–H and O–H groups in total. The lowest BCUT2D eigenvalue weighted by Gasteiger charge is -2.10. The first-order chi connectivity index (χ1) is 54.1. The van der Waals surface area contributed by atoms with E-state index in [1.165, 1.54) is 0 Å². The molecule has 0 aliphatic heterocycles. The summed E-state index contributed by atoms with van der Waals surface area (Å²) in [5.41, 5.74) is 4.92. The van der Waals surface area contributed by atoms with Gasteiger partial charge in [-0.15, -0.1) is 0 Å². The zero-order chi connectivity index (χ0) is 81.0. The quantitative estimate of drug-likeness (QED) is 0.0252. The van der Waals surface area contributed by atoms with Crippen LogP contribution in [0.25, 0.3) is 0 Å². The number of likely N-dealkylation sites (N-methyl/N-ethyl adjacent to an activating group) is 1. The molecular weight excluding hydrogens is 1490 g/mol. The predicted octanol–water partition coefficient (Wildman–Crippen LogP) is -9.88. The van der Waals surface area contributed by atoms with Crippen LogP contribution >= 0.6 is 0 Å². The highest BCUT2D eigenvalue weighted by atomic mass is 16.6. The molecule has 12 amide bonds. The van der Waals surface area contributed by atoms with Gasteiger partial charge in [-0.1, -0.05) is 0 Å². The SMILES string of the molecule is CCNC(=O)COCC(=O)NCCOCCOCCOCCNC(=O)COCC(=O)NCCOCCOCCOCCNC(=O)COCC(=O)NCCOCCOCCOCCNC(=O)COCC(=O)NCCOCCOCCOCCNC(=O)COCC(=O)NCCOCCOCCOCCNC(=O)COCC(N)=O. The molecule has 0 saturated heterocycles. The molecule has 111 heavy (non-hydrogen) atoms. The van der Waals surface area contributed by atoms with Crippen LogP contribution in [-0.2, 0) is 157 Å². The number of carbonyl (C=O) groups is 12. The van der Waals surface area contributed by atoms with Gasteiger partial charge in [0.25, 0.3) is 0 Å². The van der Waals surface area contributed by atoms with Gasteiger partial charge in [0.15, 0.2) is 0 Å². The van der Waals surface area contributed by atoms with Crippen LogP contribution in [0.3, 0.4) is 0 Å². The summed E-state index contributed by atoms with van der Waals surface area (Å²) in [5.74, 6) is -4.98. The van der Waals surface area contributed by atoms with Crippen LogP contribution in [0.5, 0.6) is 0 Å². The van der Waals surface area contributed by atoms with Crippen molar-refractivity contribution in [2.75, 3.05) is 349 Å². The van der Waals surface area contributed by atoms with Crippen LogP contribution in [0.15, 0.2) is 0 Å². The number of primary amides is 1. The summed E-state index contributed by atoms with van der Waals surface area (Å²) in [5, 5.41) is 28.7. The van der Waals surface area contributed by atoms with Gasteiger partial charge in [-0.2, -0.15) is 0 Å². The minimum Gasteiger partial charge on any atom is -0.377 e. The van der Waals surface area contributed by atoms with E-state index >= 15 is 0 Å². The maximum atomic E-state index is 12.0. The van der Waals surface area contributed by atoms with E-state index in [0.29, 0.717) is 85.8 Å². The van der Waals surface area contributed by atoms with Gasteiger partial charge < -0.3 is 164 Å². The lowest BCUT2D eigenvalue weighted by atomic mass is 10.5. The van der Waals surface area contributed by atoms with Crippen molar-refractivity contribution in [2.45, 2.75) is 6.92 Å². The fraction of sp³-hybridized carbons (Fsp3) is 0.818. The molecule has 45 heteroatoms. The number of hydrogen-bond donors (Lipinski definition) is 12.